The molecule has 7 nitrogen and oxygen atoms in total. The number of carbonyl (C=O) groups excluding carboxylic acids is 1. The molecule has 0 spiro atoms. The predicted molar refractivity (Wildman–Crippen MR) is 161 cm³/mol. The van der Waals surface area contributed by atoms with E-state index < -0.39 is 0 Å². The van der Waals surface area contributed by atoms with Gasteiger partial charge in [-0.2, -0.15) is 0 Å². The number of benzene rings is 4. The average molecular weight is 553 g/mol. The minimum Gasteiger partial charge on any atom is -0.493 e. The van der Waals surface area contributed by atoms with Crippen LogP contribution in [0.1, 0.15) is 22.7 Å². The maximum absolute atomic E-state index is 13.5. The topological polar surface area (TPSA) is 69.3 Å². The van der Waals surface area contributed by atoms with E-state index in [1.165, 1.54) is 5.56 Å². The Hall–Kier alpha value is -4.49. The van der Waals surface area contributed by atoms with Gasteiger partial charge in [0.25, 0.3) is 0 Å². The molecule has 1 unspecified atom stereocenters. The first kappa shape index (κ1) is 28.1. The number of para-hydroxylation sites is 1. The van der Waals surface area contributed by atoms with Crippen LogP contribution in [0.3, 0.4) is 0 Å². The van der Waals surface area contributed by atoms with Crippen molar-refractivity contribution in [1.82, 2.24) is 4.90 Å². The lowest BCUT2D eigenvalue weighted by Gasteiger charge is -2.37. The van der Waals surface area contributed by atoms with Gasteiger partial charge in [-0.1, -0.05) is 54.6 Å². The molecule has 5 rings (SSSR count). The molecule has 1 atom stereocenters. The van der Waals surface area contributed by atoms with E-state index in [9.17, 15) is 4.79 Å². The number of anilines is 1. The molecule has 0 aromatic heterocycles. The minimum atomic E-state index is -0.0632. The quantitative estimate of drug-likeness (QED) is 0.254. The van der Waals surface area contributed by atoms with Crippen LogP contribution in [0.15, 0.2) is 84.9 Å². The highest BCUT2D eigenvalue weighted by Gasteiger charge is 2.31. The van der Waals surface area contributed by atoms with Gasteiger partial charge in [0.05, 0.1) is 35.0 Å². The Morgan fingerprint density at radius 1 is 0.780 bits per heavy atom. The van der Waals surface area contributed by atoms with Crippen molar-refractivity contribution in [2.75, 3.05) is 46.8 Å². The largest absolute Gasteiger partial charge is 0.493 e. The molecule has 0 saturated carbocycles. The Morgan fingerprint density at radius 3 is 2.17 bits per heavy atom. The van der Waals surface area contributed by atoms with Gasteiger partial charge >= 0.3 is 0 Å². The van der Waals surface area contributed by atoms with Gasteiger partial charge in [0.2, 0.25) is 5.91 Å². The number of hydrogen-bond donors (Lipinski definition) is 1. The molecule has 1 aliphatic rings. The van der Waals surface area contributed by atoms with Gasteiger partial charge in [-0.15, -0.1) is 0 Å². The Morgan fingerprint density at radius 2 is 1.44 bits per heavy atom. The summed E-state index contributed by atoms with van der Waals surface area (Å²) in [5.41, 5.74) is 6.24. The van der Waals surface area contributed by atoms with Crippen LogP contribution in [0, 0.1) is 0 Å². The fraction of sp³-hybridized carbons (Fsp3) is 0.265. The molecule has 1 amide bonds. The molecule has 7 heteroatoms. The third kappa shape index (κ3) is 6.15. The summed E-state index contributed by atoms with van der Waals surface area (Å²) in [6, 6.07) is 28.0. The summed E-state index contributed by atoms with van der Waals surface area (Å²) >= 11 is 0. The van der Waals surface area contributed by atoms with Crippen LogP contribution in [0.25, 0.3) is 11.1 Å². The smallest absolute Gasteiger partial charge is 0.238 e. The molecule has 0 saturated heterocycles. The molecule has 212 valence electrons. The molecular formula is C34H36N2O5. The maximum Gasteiger partial charge on any atom is 0.238 e. The first-order valence-corrected chi connectivity index (χ1v) is 13.7. The SMILES string of the molecule is COc1ccc(CC2c3cc(OC)c(OC)cc3CCN2CC(=O)Nc2ccccc2-c2ccccc2)cc1OC. The van der Waals surface area contributed by atoms with E-state index >= 15 is 0 Å². The normalized spacial score (nSPS) is 14.6. The number of amides is 1. The van der Waals surface area contributed by atoms with Gasteiger partial charge in [-0.3, -0.25) is 9.69 Å². The van der Waals surface area contributed by atoms with E-state index in [-0.39, 0.29) is 18.5 Å². The second kappa shape index (κ2) is 12.8. The van der Waals surface area contributed by atoms with E-state index in [0.29, 0.717) is 29.4 Å². The number of nitrogens with zero attached hydrogens (tertiary/aromatic N) is 1. The number of nitrogens with one attached hydrogen (secondary N) is 1. The van der Waals surface area contributed by atoms with Crippen molar-refractivity contribution in [3.63, 3.8) is 0 Å². The fourth-order valence-electron chi connectivity index (χ4n) is 5.58. The Labute approximate surface area is 241 Å². The van der Waals surface area contributed by atoms with Crippen molar-refractivity contribution in [3.8, 4) is 34.1 Å². The lowest BCUT2D eigenvalue weighted by atomic mass is 9.88. The summed E-state index contributed by atoms with van der Waals surface area (Å²) in [7, 11) is 6.56. The van der Waals surface area contributed by atoms with E-state index in [1.807, 2.05) is 78.9 Å². The highest BCUT2D eigenvalue weighted by Crippen LogP contribution is 2.40. The molecule has 0 radical (unpaired) electrons. The molecule has 0 aliphatic carbocycles. The van der Waals surface area contributed by atoms with Crippen molar-refractivity contribution in [3.05, 3.63) is 102 Å². The van der Waals surface area contributed by atoms with Crippen LogP contribution in [-0.4, -0.2) is 52.3 Å². The van der Waals surface area contributed by atoms with E-state index in [1.54, 1.807) is 28.4 Å². The number of fused-ring (bicyclic) bond motifs is 1. The molecule has 41 heavy (non-hydrogen) atoms. The molecular weight excluding hydrogens is 516 g/mol. The summed E-state index contributed by atoms with van der Waals surface area (Å²) in [6.07, 6.45) is 1.47. The van der Waals surface area contributed by atoms with Crippen molar-refractivity contribution in [1.29, 1.82) is 0 Å². The molecule has 0 bridgehead atoms. The zero-order valence-electron chi connectivity index (χ0n) is 24.0. The van der Waals surface area contributed by atoms with Gasteiger partial charge in [-0.25, -0.2) is 0 Å². The zero-order chi connectivity index (χ0) is 28.8. The summed E-state index contributed by atoms with van der Waals surface area (Å²) in [5.74, 6) is 2.68. The lowest BCUT2D eigenvalue weighted by Crippen LogP contribution is -2.41. The summed E-state index contributed by atoms with van der Waals surface area (Å²) in [4.78, 5) is 15.8. The number of carbonyl (C=O) groups is 1. The monoisotopic (exact) mass is 552 g/mol. The third-order valence-corrected chi connectivity index (χ3v) is 7.62. The van der Waals surface area contributed by atoms with Crippen LogP contribution in [0.5, 0.6) is 23.0 Å². The number of hydrogen-bond acceptors (Lipinski definition) is 6. The minimum absolute atomic E-state index is 0.0605. The van der Waals surface area contributed by atoms with Crippen molar-refractivity contribution in [2.24, 2.45) is 0 Å². The van der Waals surface area contributed by atoms with Crippen molar-refractivity contribution in [2.45, 2.75) is 18.9 Å². The van der Waals surface area contributed by atoms with Crippen molar-refractivity contribution < 1.29 is 23.7 Å². The molecule has 4 aromatic carbocycles. The number of rotatable bonds is 10. The number of ether oxygens (including phenoxy) is 4. The number of methoxy groups -OCH3 is 4. The first-order valence-electron chi connectivity index (χ1n) is 13.7. The van der Waals surface area contributed by atoms with Gasteiger partial charge in [0.15, 0.2) is 23.0 Å². The summed E-state index contributed by atoms with van der Waals surface area (Å²) < 4.78 is 22.3. The second-order valence-corrected chi connectivity index (χ2v) is 10.00. The Bertz CT molecular complexity index is 1500. The predicted octanol–water partition coefficient (Wildman–Crippen LogP) is 6.17. The van der Waals surface area contributed by atoms with Crippen LogP contribution in [0.2, 0.25) is 0 Å². The van der Waals surface area contributed by atoms with Crippen LogP contribution in [-0.2, 0) is 17.6 Å². The van der Waals surface area contributed by atoms with Crippen molar-refractivity contribution >= 4 is 11.6 Å². The summed E-state index contributed by atoms with van der Waals surface area (Å²) in [6.45, 7) is 0.975. The Kier molecular flexibility index (Phi) is 8.75. The van der Waals surface area contributed by atoms with Gasteiger partial charge in [0, 0.05) is 23.8 Å². The summed E-state index contributed by atoms with van der Waals surface area (Å²) in [5, 5.41) is 3.18. The average Bonchev–Trinajstić information content (AvgIpc) is 3.02. The highest BCUT2D eigenvalue weighted by molar-refractivity contribution is 5.96. The molecule has 1 heterocycles. The van der Waals surface area contributed by atoms with E-state index in [0.717, 1.165) is 40.9 Å². The van der Waals surface area contributed by atoms with Crippen LogP contribution < -0.4 is 24.3 Å². The third-order valence-electron chi connectivity index (χ3n) is 7.62. The van der Waals surface area contributed by atoms with Crippen LogP contribution in [0.4, 0.5) is 5.69 Å². The lowest BCUT2D eigenvalue weighted by molar-refractivity contribution is -0.118. The Balaban J connectivity index is 1.45. The maximum atomic E-state index is 13.5. The highest BCUT2D eigenvalue weighted by atomic mass is 16.5. The molecule has 0 fully saturated rings. The molecule has 1 aliphatic heterocycles. The van der Waals surface area contributed by atoms with E-state index in [4.69, 9.17) is 18.9 Å². The molecule has 1 N–H and O–H groups in total. The second-order valence-electron chi connectivity index (χ2n) is 10.00. The first-order chi connectivity index (χ1) is 20.0. The molecule has 4 aromatic rings. The zero-order valence-corrected chi connectivity index (χ0v) is 24.0. The van der Waals surface area contributed by atoms with Crippen LogP contribution >= 0.6 is 0 Å². The van der Waals surface area contributed by atoms with Gasteiger partial charge in [0.1, 0.15) is 0 Å². The van der Waals surface area contributed by atoms with Gasteiger partial charge < -0.3 is 24.3 Å². The fourth-order valence-corrected chi connectivity index (χ4v) is 5.58. The van der Waals surface area contributed by atoms with Gasteiger partial charge in [-0.05, 0) is 65.4 Å². The van der Waals surface area contributed by atoms with E-state index in [2.05, 4.69) is 16.3 Å². The standard InChI is InChI=1S/C34H36N2O5/c1-38-30-15-14-23(19-31(30)39-2)18-29-27-21-33(41-4)32(40-3)20-25(27)16-17-36(29)22-34(37)35-28-13-9-8-12-26(28)24-10-6-5-7-11-24/h5-15,19-21,29H,16-18,22H2,1-4H3,(H,35,37).